The van der Waals surface area contributed by atoms with Gasteiger partial charge in [-0.1, -0.05) is 32.0 Å². The van der Waals surface area contributed by atoms with Crippen LogP contribution in [0.1, 0.15) is 32.3 Å². The van der Waals surface area contributed by atoms with Gasteiger partial charge < -0.3 is 16.0 Å². The van der Waals surface area contributed by atoms with E-state index in [0.29, 0.717) is 10.6 Å². The molecule has 0 radical (unpaired) electrons. The van der Waals surface area contributed by atoms with Crippen LogP contribution < -0.4 is 16.0 Å². The van der Waals surface area contributed by atoms with Crippen LogP contribution in [0, 0.1) is 0 Å². The number of halogens is 3. The number of hydrogen-bond donors (Lipinski definition) is 3. The van der Waals surface area contributed by atoms with Crippen molar-refractivity contribution in [2.75, 3.05) is 17.2 Å². The highest BCUT2D eigenvalue weighted by molar-refractivity contribution is 7.99. The molecule has 2 aromatic rings. The summed E-state index contributed by atoms with van der Waals surface area (Å²) >= 11 is 1.35. The number of hydrogen-bond acceptors (Lipinski definition) is 3. The molecule has 0 fully saturated rings. The van der Waals surface area contributed by atoms with Crippen molar-refractivity contribution >= 4 is 35.1 Å². The van der Waals surface area contributed by atoms with Crippen molar-refractivity contribution in [3.8, 4) is 0 Å². The molecule has 0 heterocycles. The maximum Gasteiger partial charge on any atom is 0.418 e. The fourth-order valence-electron chi connectivity index (χ4n) is 2.45. The zero-order chi connectivity index (χ0) is 22.1. The molecule has 9 heteroatoms. The second-order valence-electron chi connectivity index (χ2n) is 6.59. The van der Waals surface area contributed by atoms with Crippen LogP contribution in [-0.2, 0) is 11.0 Å². The predicted octanol–water partition coefficient (Wildman–Crippen LogP) is 5.75. The topological polar surface area (TPSA) is 70.2 Å². The lowest BCUT2D eigenvalue weighted by molar-refractivity contribution is -0.137. The van der Waals surface area contributed by atoms with Crippen molar-refractivity contribution in [3.05, 3.63) is 54.1 Å². The highest BCUT2D eigenvalue weighted by atomic mass is 32.2. The first-order chi connectivity index (χ1) is 14.2. The minimum Gasteiger partial charge on any atom is -0.337 e. The Morgan fingerprint density at radius 2 is 1.77 bits per heavy atom. The Morgan fingerprint density at radius 3 is 2.40 bits per heavy atom. The van der Waals surface area contributed by atoms with Gasteiger partial charge >= 0.3 is 12.2 Å². The zero-order valence-electron chi connectivity index (χ0n) is 16.7. The van der Waals surface area contributed by atoms with Gasteiger partial charge in [0.2, 0.25) is 5.91 Å². The molecule has 0 aliphatic rings. The van der Waals surface area contributed by atoms with E-state index in [4.69, 9.17) is 0 Å². The average Bonchev–Trinajstić information content (AvgIpc) is 2.69. The number of benzene rings is 2. The molecule has 0 bridgehead atoms. The highest BCUT2D eigenvalue weighted by Gasteiger charge is 2.34. The molecule has 1 unspecified atom stereocenters. The van der Waals surface area contributed by atoms with Gasteiger partial charge in [0.05, 0.1) is 11.3 Å². The number of anilines is 2. The van der Waals surface area contributed by atoms with E-state index in [2.05, 4.69) is 16.0 Å². The summed E-state index contributed by atoms with van der Waals surface area (Å²) in [6.07, 6.45) is -3.93. The third kappa shape index (κ3) is 7.62. The second kappa shape index (κ2) is 10.9. The standard InChI is InChI=1S/C21H24F3N3O2S/c1-3-14(2)30-16-9-10-18(17(13-16)21(22,23)24)27-19(28)11-12-25-20(29)26-15-7-5-4-6-8-15/h4-10,13-14H,3,11-12H2,1-2H3,(H,27,28)(H2,25,26,29). The van der Waals surface area contributed by atoms with Crippen molar-refractivity contribution in [1.82, 2.24) is 5.32 Å². The first-order valence-corrected chi connectivity index (χ1v) is 10.3. The SMILES string of the molecule is CCC(C)Sc1ccc(NC(=O)CCNC(=O)Nc2ccccc2)c(C(F)(F)F)c1. The van der Waals surface area contributed by atoms with Gasteiger partial charge in [-0.15, -0.1) is 11.8 Å². The summed E-state index contributed by atoms with van der Waals surface area (Å²) in [5, 5.41) is 7.56. The molecule has 0 aliphatic heterocycles. The van der Waals surface area contributed by atoms with E-state index in [1.165, 1.54) is 17.8 Å². The monoisotopic (exact) mass is 439 g/mol. The maximum atomic E-state index is 13.4. The third-order valence-corrected chi connectivity index (χ3v) is 5.41. The van der Waals surface area contributed by atoms with Crippen molar-refractivity contribution in [1.29, 1.82) is 0 Å². The molecule has 30 heavy (non-hydrogen) atoms. The Morgan fingerprint density at radius 1 is 1.07 bits per heavy atom. The van der Waals surface area contributed by atoms with Gasteiger partial charge in [0, 0.05) is 28.8 Å². The maximum absolute atomic E-state index is 13.4. The van der Waals surface area contributed by atoms with Gasteiger partial charge in [-0.25, -0.2) is 4.79 Å². The van der Waals surface area contributed by atoms with E-state index in [-0.39, 0.29) is 23.9 Å². The smallest absolute Gasteiger partial charge is 0.337 e. The fraction of sp³-hybridized carbons (Fsp3) is 0.333. The molecule has 162 valence electrons. The number of amides is 3. The van der Waals surface area contributed by atoms with E-state index in [1.807, 2.05) is 13.8 Å². The molecule has 0 saturated heterocycles. The molecule has 0 aliphatic carbocycles. The van der Waals surface area contributed by atoms with Crippen LogP contribution in [-0.4, -0.2) is 23.7 Å². The summed E-state index contributed by atoms with van der Waals surface area (Å²) in [5.74, 6) is -0.622. The number of carbonyl (C=O) groups excluding carboxylic acids is 2. The lowest BCUT2D eigenvalue weighted by atomic mass is 10.1. The van der Waals surface area contributed by atoms with Crippen LogP contribution in [0.3, 0.4) is 0 Å². The van der Waals surface area contributed by atoms with E-state index >= 15 is 0 Å². The van der Waals surface area contributed by atoms with Crippen LogP contribution in [0.15, 0.2) is 53.4 Å². The van der Waals surface area contributed by atoms with Crippen LogP contribution in [0.25, 0.3) is 0 Å². The van der Waals surface area contributed by atoms with Crippen molar-refractivity contribution < 1.29 is 22.8 Å². The Balaban J connectivity index is 1.92. The molecular formula is C21H24F3N3O2S. The molecule has 2 rings (SSSR count). The molecular weight excluding hydrogens is 415 g/mol. The minimum absolute atomic E-state index is 0.0200. The number of rotatable bonds is 8. The van der Waals surface area contributed by atoms with Gasteiger partial charge in [0.1, 0.15) is 0 Å². The Hall–Kier alpha value is -2.68. The predicted molar refractivity (Wildman–Crippen MR) is 114 cm³/mol. The van der Waals surface area contributed by atoms with E-state index in [9.17, 15) is 22.8 Å². The number of para-hydroxylation sites is 1. The summed E-state index contributed by atoms with van der Waals surface area (Å²) in [6.45, 7) is 3.88. The summed E-state index contributed by atoms with van der Waals surface area (Å²) in [7, 11) is 0. The van der Waals surface area contributed by atoms with Crippen LogP contribution in [0.5, 0.6) is 0 Å². The minimum atomic E-state index is -4.59. The van der Waals surface area contributed by atoms with Crippen molar-refractivity contribution in [2.45, 2.75) is 43.0 Å². The summed E-state index contributed by atoms with van der Waals surface area (Å²) in [4.78, 5) is 24.4. The van der Waals surface area contributed by atoms with E-state index in [0.717, 1.165) is 12.5 Å². The normalized spacial score (nSPS) is 12.2. The van der Waals surface area contributed by atoms with Crippen molar-refractivity contribution in [2.24, 2.45) is 0 Å². The highest BCUT2D eigenvalue weighted by Crippen LogP contribution is 2.38. The molecule has 3 amide bonds. The van der Waals surface area contributed by atoms with Gasteiger partial charge in [-0.2, -0.15) is 13.2 Å². The first-order valence-electron chi connectivity index (χ1n) is 9.46. The second-order valence-corrected chi connectivity index (χ2v) is 8.10. The third-order valence-electron chi connectivity index (χ3n) is 4.15. The molecule has 5 nitrogen and oxygen atoms in total. The number of alkyl halides is 3. The summed E-state index contributed by atoms with van der Waals surface area (Å²) < 4.78 is 40.3. The average molecular weight is 440 g/mol. The largest absolute Gasteiger partial charge is 0.418 e. The van der Waals surface area contributed by atoms with E-state index in [1.54, 1.807) is 36.4 Å². The Kier molecular flexibility index (Phi) is 8.58. The van der Waals surface area contributed by atoms with Crippen molar-refractivity contribution in [3.63, 3.8) is 0 Å². The molecule has 0 aromatic heterocycles. The first kappa shape index (κ1) is 23.6. The lowest BCUT2D eigenvalue weighted by Gasteiger charge is -2.16. The Labute approximate surface area is 177 Å². The molecule has 3 N–H and O–H groups in total. The van der Waals surface area contributed by atoms with Gasteiger partial charge in [-0.3, -0.25) is 4.79 Å². The number of nitrogens with one attached hydrogen (secondary N) is 3. The number of thioether (sulfide) groups is 1. The zero-order valence-corrected chi connectivity index (χ0v) is 17.5. The van der Waals surface area contributed by atoms with Gasteiger partial charge in [0.15, 0.2) is 0 Å². The lowest BCUT2D eigenvalue weighted by Crippen LogP contribution is -2.31. The van der Waals surface area contributed by atoms with Crippen LogP contribution in [0.2, 0.25) is 0 Å². The van der Waals surface area contributed by atoms with Gasteiger partial charge in [0.25, 0.3) is 0 Å². The number of urea groups is 1. The number of carbonyl (C=O) groups is 2. The van der Waals surface area contributed by atoms with Crippen LogP contribution >= 0.6 is 11.8 Å². The molecule has 2 aromatic carbocycles. The molecule has 0 spiro atoms. The molecule has 1 atom stereocenters. The molecule has 0 saturated carbocycles. The fourth-order valence-corrected chi connectivity index (χ4v) is 3.42. The quantitative estimate of drug-likeness (QED) is 0.459. The summed E-state index contributed by atoms with van der Waals surface area (Å²) in [5.41, 5.74) is -0.599. The summed E-state index contributed by atoms with van der Waals surface area (Å²) in [6, 6.07) is 12.1. The van der Waals surface area contributed by atoms with Crippen LogP contribution in [0.4, 0.5) is 29.3 Å². The van der Waals surface area contributed by atoms with E-state index < -0.39 is 23.7 Å². The Bertz CT molecular complexity index is 860. The van der Waals surface area contributed by atoms with Gasteiger partial charge in [-0.05, 0) is 36.8 Å².